The predicted molar refractivity (Wildman–Crippen MR) is 76.8 cm³/mol. The lowest BCUT2D eigenvalue weighted by Crippen LogP contribution is -2.24. The van der Waals surface area contributed by atoms with E-state index < -0.39 is 23.8 Å². The highest BCUT2D eigenvalue weighted by molar-refractivity contribution is 6.21. The van der Waals surface area contributed by atoms with E-state index in [0.717, 1.165) is 4.90 Å². The molecule has 2 rings (SSSR count). The summed E-state index contributed by atoms with van der Waals surface area (Å²) in [5, 5.41) is 0. The molecular formula is C15H15NO8. The van der Waals surface area contributed by atoms with Crippen molar-refractivity contribution in [3.05, 3.63) is 34.9 Å². The molecule has 1 heterocycles. The highest BCUT2D eigenvalue weighted by Gasteiger charge is 2.33. The number of hydrogen-bond acceptors (Lipinski definition) is 8. The first-order valence-corrected chi connectivity index (χ1v) is 6.84. The standard InChI is InChI=1S/C15H15NO8/c1-9(17)23-7-21-6-22-8-24-15(20)10-3-4-11-12(5-10)14(19)16(2)13(11)18/h3-5H,6-8H2,1-2H3. The number of rotatable bonds is 7. The van der Waals surface area contributed by atoms with Gasteiger partial charge in [0.05, 0.1) is 16.7 Å². The van der Waals surface area contributed by atoms with Crippen LogP contribution in [-0.4, -0.2) is 56.1 Å². The average Bonchev–Trinajstić information content (AvgIpc) is 2.77. The van der Waals surface area contributed by atoms with Crippen molar-refractivity contribution in [2.45, 2.75) is 6.92 Å². The van der Waals surface area contributed by atoms with Crippen LogP contribution in [0.25, 0.3) is 0 Å². The largest absolute Gasteiger partial charge is 0.439 e. The van der Waals surface area contributed by atoms with Crippen LogP contribution in [0, 0.1) is 0 Å². The van der Waals surface area contributed by atoms with Crippen molar-refractivity contribution < 1.29 is 38.1 Å². The Morgan fingerprint density at radius 2 is 1.58 bits per heavy atom. The molecular weight excluding hydrogens is 322 g/mol. The van der Waals surface area contributed by atoms with Crippen molar-refractivity contribution >= 4 is 23.8 Å². The van der Waals surface area contributed by atoms with Gasteiger partial charge in [0, 0.05) is 14.0 Å². The Balaban J connectivity index is 1.81. The summed E-state index contributed by atoms with van der Waals surface area (Å²) in [5.74, 6) is -2.09. The topological polar surface area (TPSA) is 108 Å². The van der Waals surface area contributed by atoms with Crippen molar-refractivity contribution in [3.63, 3.8) is 0 Å². The molecule has 0 unspecified atom stereocenters. The van der Waals surface area contributed by atoms with Gasteiger partial charge in [-0.3, -0.25) is 19.3 Å². The molecule has 0 saturated heterocycles. The van der Waals surface area contributed by atoms with Crippen LogP contribution in [0.1, 0.15) is 38.0 Å². The lowest BCUT2D eigenvalue weighted by molar-refractivity contribution is -0.174. The van der Waals surface area contributed by atoms with E-state index in [9.17, 15) is 19.2 Å². The molecule has 9 heteroatoms. The molecule has 0 aromatic heterocycles. The summed E-state index contributed by atoms with van der Waals surface area (Å²) in [5.41, 5.74) is 0.520. The summed E-state index contributed by atoms with van der Waals surface area (Å²) in [7, 11) is 1.37. The molecule has 128 valence electrons. The van der Waals surface area contributed by atoms with E-state index in [1.54, 1.807) is 0 Å². The third kappa shape index (κ3) is 3.94. The minimum Gasteiger partial charge on any atom is -0.439 e. The first kappa shape index (κ1) is 17.6. The fraction of sp³-hybridized carbons (Fsp3) is 0.333. The van der Waals surface area contributed by atoms with Crippen LogP contribution in [-0.2, 0) is 23.7 Å². The summed E-state index contributed by atoms with van der Waals surface area (Å²) >= 11 is 0. The van der Waals surface area contributed by atoms with Gasteiger partial charge in [-0.1, -0.05) is 0 Å². The maximum absolute atomic E-state index is 11.9. The lowest BCUT2D eigenvalue weighted by atomic mass is 10.1. The van der Waals surface area contributed by atoms with Crippen LogP contribution in [0.4, 0.5) is 0 Å². The van der Waals surface area contributed by atoms with Crippen molar-refractivity contribution in [2.75, 3.05) is 27.4 Å². The van der Waals surface area contributed by atoms with Gasteiger partial charge < -0.3 is 18.9 Å². The minimum atomic E-state index is -0.715. The molecule has 0 fully saturated rings. The van der Waals surface area contributed by atoms with Crippen LogP contribution in [0.15, 0.2) is 18.2 Å². The van der Waals surface area contributed by atoms with Crippen molar-refractivity contribution in [1.29, 1.82) is 0 Å². The summed E-state index contributed by atoms with van der Waals surface area (Å²) in [4.78, 5) is 46.9. The van der Waals surface area contributed by atoms with Crippen LogP contribution < -0.4 is 0 Å². The zero-order valence-corrected chi connectivity index (χ0v) is 13.1. The third-order valence-corrected chi connectivity index (χ3v) is 3.11. The molecule has 1 aliphatic heterocycles. The van der Waals surface area contributed by atoms with Crippen LogP contribution in [0.2, 0.25) is 0 Å². The van der Waals surface area contributed by atoms with E-state index in [-0.39, 0.29) is 37.1 Å². The van der Waals surface area contributed by atoms with Gasteiger partial charge in [-0.15, -0.1) is 0 Å². The highest BCUT2D eigenvalue weighted by Crippen LogP contribution is 2.22. The third-order valence-electron chi connectivity index (χ3n) is 3.11. The summed E-state index contributed by atoms with van der Waals surface area (Å²) in [6.07, 6.45) is 0. The second-order valence-corrected chi connectivity index (χ2v) is 4.76. The minimum absolute atomic E-state index is 0.120. The van der Waals surface area contributed by atoms with Gasteiger partial charge in [0.2, 0.25) is 0 Å². The van der Waals surface area contributed by atoms with Gasteiger partial charge in [0.25, 0.3) is 11.8 Å². The Morgan fingerprint density at radius 3 is 2.25 bits per heavy atom. The smallest absolute Gasteiger partial charge is 0.340 e. The van der Waals surface area contributed by atoms with E-state index in [0.29, 0.717) is 0 Å². The number of fused-ring (bicyclic) bond motifs is 1. The van der Waals surface area contributed by atoms with Crippen molar-refractivity contribution in [2.24, 2.45) is 0 Å². The summed E-state index contributed by atoms with van der Waals surface area (Å²) in [6.45, 7) is 0.349. The second kappa shape index (κ2) is 7.66. The van der Waals surface area contributed by atoms with Gasteiger partial charge >= 0.3 is 11.9 Å². The zero-order valence-electron chi connectivity index (χ0n) is 13.1. The first-order valence-electron chi connectivity index (χ1n) is 6.84. The molecule has 0 aliphatic carbocycles. The number of nitrogens with zero attached hydrogens (tertiary/aromatic N) is 1. The molecule has 0 N–H and O–H groups in total. The summed E-state index contributed by atoms with van der Waals surface area (Å²) < 4.78 is 19.0. The Morgan fingerprint density at radius 1 is 0.958 bits per heavy atom. The molecule has 0 saturated carbocycles. The van der Waals surface area contributed by atoms with E-state index in [1.807, 2.05) is 0 Å². The van der Waals surface area contributed by atoms with Crippen LogP contribution >= 0.6 is 0 Å². The van der Waals surface area contributed by atoms with Crippen LogP contribution in [0.5, 0.6) is 0 Å². The first-order chi connectivity index (χ1) is 11.4. The van der Waals surface area contributed by atoms with E-state index in [4.69, 9.17) is 14.2 Å². The molecule has 1 aromatic rings. The fourth-order valence-electron chi connectivity index (χ4n) is 1.92. The van der Waals surface area contributed by atoms with E-state index in [1.165, 1.54) is 32.2 Å². The monoisotopic (exact) mass is 337 g/mol. The fourth-order valence-corrected chi connectivity index (χ4v) is 1.92. The Kier molecular flexibility index (Phi) is 5.61. The quantitative estimate of drug-likeness (QED) is 0.307. The normalized spacial score (nSPS) is 13.0. The Bertz CT molecular complexity index is 684. The number of benzene rings is 1. The Hall–Kier alpha value is -2.78. The predicted octanol–water partition coefficient (Wildman–Crippen LogP) is 0.538. The zero-order chi connectivity index (χ0) is 17.7. The molecule has 0 spiro atoms. The molecule has 9 nitrogen and oxygen atoms in total. The molecule has 0 radical (unpaired) electrons. The van der Waals surface area contributed by atoms with Gasteiger partial charge in [-0.05, 0) is 18.2 Å². The maximum atomic E-state index is 11.9. The molecule has 0 bridgehead atoms. The number of ether oxygens (including phenoxy) is 4. The number of carbonyl (C=O) groups excluding carboxylic acids is 4. The van der Waals surface area contributed by atoms with E-state index >= 15 is 0 Å². The maximum Gasteiger partial charge on any atom is 0.340 e. The van der Waals surface area contributed by atoms with Crippen molar-refractivity contribution in [3.8, 4) is 0 Å². The summed E-state index contributed by atoms with van der Waals surface area (Å²) in [6, 6.07) is 4.10. The number of esters is 2. The molecule has 1 aromatic carbocycles. The van der Waals surface area contributed by atoms with Gasteiger partial charge in [-0.25, -0.2) is 4.79 Å². The SMILES string of the molecule is CC(=O)OCOCOCOC(=O)c1ccc2c(c1)C(=O)N(C)C2=O. The number of amides is 2. The molecule has 1 aliphatic rings. The molecule has 2 amide bonds. The number of hydrogen-bond donors (Lipinski definition) is 0. The van der Waals surface area contributed by atoms with E-state index in [2.05, 4.69) is 4.74 Å². The average molecular weight is 337 g/mol. The van der Waals surface area contributed by atoms with Crippen LogP contribution in [0.3, 0.4) is 0 Å². The van der Waals surface area contributed by atoms with Gasteiger partial charge in [-0.2, -0.15) is 0 Å². The molecule has 24 heavy (non-hydrogen) atoms. The molecule has 0 atom stereocenters. The second-order valence-electron chi connectivity index (χ2n) is 4.76. The highest BCUT2D eigenvalue weighted by atomic mass is 16.8. The van der Waals surface area contributed by atoms with Gasteiger partial charge in [0.15, 0.2) is 20.4 Å². The van der Waals surface area contributed by atoms with Gasteiger partial charge in [0.1, 0.15) is 0 Å². The number of carbonyl (C=O) groups is 4. The van der Waals surface area contributed by atoms with Crippen molar-refractivity contribution in [1.82, 2.24) is 4.90 Å². The number of imide groups is 1. The lowest BCUT2D eigenvalue weighted by Gasteiger charge is -2.07. The Labute approximate surface area is 137 Å².